The van der Waals surface area contributed by atoms with Crippen molar-refractivity contribution in [3.63, 3.8) is 0 Å². The molecule has 3 N–H and O–H groups in total. The summed E-state index contributed by atoms with van der Waals surface area (Å²) in [6.07, 6.45) is -0.283. The van der Waals surface area contributed by atoms with Crippen molar-refractivity contribution in [2.75, 3.05) is 16.4 Å². The highest BCUT2D eigenvalue weighted by Crippen LogP contribution is 2.30. The van der Waals surface area contributed by atoms with Crippen molar-refractivity contribution in [1.82, 2.24) is 4.98 Å². The van der Waals surface area contributed by atoms with E-state index in [0.29, 0.717) is 10.8 Å². The number of carbonyl (C=O) groups is 3. The van der Waals surface area contributed by atoms with E-state index >= 15 is 0 Å². The van der Waals surface area contributed by atoms with Gasteiger partial charge in [-0.1, -0.05) is 30.3 Å². The molecule has 2 aromatic carbocycles. The summed E-state index contributed by atoms with van der Waals surface area (Å²) >= 11 is 2.81. The molecule has 0 fully saturated rings. The second-order valence-corrected chi connectivity index (χ2v) is 8.84. The topological polar surface area (TPSA) is 108 Å². The second kappa shape index (κ2) is 10.7. The van der Waals surface area contributed by atoms with Crippen molar-refractivity contribution in [2.24, 2.45) is 0 Å². The summed E-state index contributed by atoms with van der Waals surface area (Å²) in [6.45, 7) is 1.98. The maximum absolute atomic E-state index is 12.3. The van der Waals surface area contributed by atoms with Gasteiger partial charge in [0.1, 0.15) is 0 Å². The Kier molecular flexibility index (Phi) is 7.80. The number of aryl methyl sites for hydroxylation is 1. The molecule has 0 unspecified atom stereocenters. The third kappa shape index (κ3) is 6.94. The van der Waals surface area contributed by atoms with Crippen LogP contribution in [0.1, 0.15) is 17.7 Å². The van der Waals surface area contributed by atoms with Crippen molar-refractivity contribution < 1.29 is 19.5 Å². The second-order valence-electron chi connectivity index (χ2n) is 6.59. The molecule has 2 amide bonds. The Bertz CT molecular complexity index is 1070. The average Bonchev–Trinajstić information content (AvgIpc) is 3.12. The molecule has 160 valence electrons. The van der Waals surface area contributed by atoms with Gasteiger partial charge >= 0.3 is 5.97 Å². The summed E-state index contributed by atoms with van der Waals surface area (Å²) in [5, 5.41) is 14.7. The third-order valence-corrected chi connectivity index (χ3v) is 6.06. The smallest absolute Gasteiger partial charge is 0.303 e. The highest BCUT2D eigenvalue weighted by Gasteiger charge is 2.12. The van der Waals surface area contributed by atoms with Crippen molar-refractivity contribution in [2.45, 2.75) is 24.7 Å². The van der Waals surface area contributed by atoms with E-state index in [1.54, 1.807) is 24.3 Å². The number of carboxylic acid groups (broad SMARTS) is 1. The number of carbonyl (C=O) groups excluding carboxylic acids is 2. The monoisotopic (exact) mass is 455 g/mol. The average molecular weight is 456 g/mol. The molecule has 0 radical (unpaired) electrons. The van der Waals surface area contributed by atoms with Crippen LogP contribution in [0.5, 0.6) is 0 Å². The number of thiazole rings is 1. The third-order valence-electron chi connectivity index (χ3n) is 4.16. The Morgan fingerprint density at radius 3 is 2.35 bits per heavy atom. The van der Waals surface area contributed by atoms with Crippen LogP contribution < -0.4 is 10.6 Å². The number of anilines is 2. The molecule has 3 aromatic rings. The van der Waals surface area contributed by atoms with Gasteiger partial charge in [-0.05, 0) is 31.2 Å². The molecule has 31 heavy (non-hydrogen) atoms. The summed E-state index contributed by atoms with van der Waals surface area (Å²) in [4.78, 5) is 40.9. The maximum Gasteiger partial charge on any atom is 0.303 e. The van der Waals surface area contributed by atoms with Gasteiger partial charge in [-0.15, -0.1) is 23.1 Å². The lowest BCUT2D eigenvalue weighted by Gasteiger charge is -2.06. The van der Waals surface area contributed by atoms with Gasteiger partial charge < -0.3 is 15.7 Å². The largest absolute Gasteiger partial charge is 0.481 e. The number of benzene rings is 2. The molecule has 3 rings (SSSR count). The Morgan fingerprint density at radius 2 is 1.68 bits per heavy atom. The van der Waals surface area contributed by atoms with E-state index in [1.165, 1.54) is 23.1 Å². The van der Waals surface area contributed by atoms with E-state index < -0.39 is 5.97 Å². The molecule has 0 spiro atoms. The molecule has 0 bridgehead atoms. The summed E-state index contributed by atoms with van der Waals surface area (Å²) in [5.41, 5.74) is 2.46. The summed E-state index contributed by atoms with van der Waals surface area (Å²) in [6, 6.07) is 16.9. The Morgan fingerprint density at radius 1 is 0.968 bits per heavy atom. The highest BCUT2D eigenvalue weighted by atomic mass is 32.2. The van der Waals surface area contributed by atoms with Crippen molar-refractivity contribution in [3.8, 4) is 11.3 Å². The maximum atomic E-state index is 12.3. The van der Waals surface area contributed by atoms with Crippen molar-refractivity contribution in [3.05, 3.63) is 59.5 Å². The first-order valence-corrected chi connectivity index (χ1v) is 11.3. The molecule has 1 heterocycles. The van der Waals surface area contributed by atoms with Crippen LogP contribution in [0.3, 0.4) is 0 Å². The molecular formula is C22H21N3O4S2. The highest BCUT2D eigenvalue weighted by molar-refractivity contribution is 8.00. The Labute approximate surface area is 187 Å². The number of nitrogens with zero attached hydrogens (tertiary/aromatic N) is 1. The molecular weight excluding hydrogens is 434 g/mol. The number of hydrogen-bond donors (Lipinski definition) is 3. The summed E-state index contributed by atoms with van der Waals surface area (Å²) in [5.74, 6) is -1.28. The minimum atomic E-state index is -1.01. The first-order chi connectivity index (χ1) is 14.9. The van der Waals surface area contributed by atoms with Gasteiger partial charge in [-0.2, -0.15) is 0 Å². The number of thioether (sulfide) groups is 1. The fraction of sp³-hybridized carbons (Fsp3) is 0.182. The number of nitrogens with one attached hydrogen (secondary N) is 2. The van der Waals surface area contributed by atoms with Gasteiger partial charge in [0, 0.05) is 27.4 Å². The molecule has 0 atom stereocenters. The van der Waals surface area contributed by atoms with Crippen LogP contribution in [0.4, 0.5) is 10.8 Å². The minimum absolute atomic E-state index is 0.0752. The van der Waals surface area contributed by atoms with Crippen LogP contribution in [0.25, 0.3) is 11.3 Å². The normalized spacial score (nSPS) is 10.5. The molecule has 0 aliphatic rings. The molecule has 9 heteroatoms. The number of amides is 2. The van der Waals surface area contributed by atoms with Crippen LogP contribution in [0.2, 0.25) is 0 Å². The lowest BCUT2D eigenvalue weighted by molar-refractivity contribution is -0.138. The fourth-order valence-corrected chi connectivity index (χ4v) is 4.25. The summed E-state index contributed by atoms with van der Waals surface area (Å²) in [7, 11) is 0. The van der Waals surface area contributed by atoms with Crippen LogP contribution in [-0.2, 0) is 14.4 Å². The molecule has 0 aliphatic heterocycles. The van der Waals surface area contributed by atoms with Gasteiger partial charge in [0.05, 0.1) is 17.9 Å². The van der Waals surface area contributed by atoms with Gasteiger partial charge in [0.2, 0.25) is 11.8 Å². The first kappa shape index (κ1) is 22.5. The van der Waals surface area contributed by atoms with E-state index in [2.05, 4.69) is 15.6 Å². The first-order valence-electron chi connectivity index (χ1n) is 9.48. The zero-order chi connectivity index (χ0) is 22.2. The summed E-state index contributed by atoms with van der Waals surface area (Å²) < 4.78 is 0. The molecule has 0 aliphatic carbocycles. The van der Waals surface area contributed by atoms with Crippen LogP contribution in [-0.4, -0.2) is 33.6 Å². The zero-order valence-electron chi connectivity index (χ0n) is 16.8. The minimum Gasteiger partial charge on any atom is -0.481 e. The van der Waals surface area contributed by atoms with Crippen LogP contribution in [0.15, 0.2) is 59.5 Å². The number of carboxylic acids is 1. The fourth-order valence-electron chi connectivity index (χ4n) is 2.70. The Hall–Kier alpha value is -3.17. The van der Waals surface area contributed by atoms with Crippen molar-refractivity contribution >= 4 is 51.7 Å². The van der Waals surface area contributed by atoms with E-state index in [-0.39, 0.29) is 30.4 Å². The van der Waals surface area contributed by atoms with E-state index in [4.69, 9.17) is 5.11 Å². The molecule has 1 aromatic heterocycles. The predicted molar refractivity (Wildman–Crippen MR) is 124 cm³/mol. The molecule has 0 saturated heterocycles. The zero-order valence-corrected chi connectivity index (χ0v) is 18.4. The Balaban J connectivity index is 1.49. The van der Waals surface area contributed by atoms with Gasteiger partial charge in [-0.3, -0.25) is 14.4 Å². The SMILES string of the molecule is Cc1sc(NC(=O)CSc2ccc(NC(=O)CCC(=O)O)cc2)nc1-c1ccccc1. The molecule has 7 nitrogen and oxygen atoms in total. The predicted octanol–water partition coefficient (Wildman–Crippen LogP) is 4.65. The van der Waals surface area contributed by atoms with Gasteiger partial charge in [-0.25, -0.2) is 4.98 Å². The van der Waals surface area contributed by atoms with E-state index in [1.807, 2.05) is 37.3 Å². The van der Waals surface area contributed by atoms with Gasteiger partial charge in [0.25, 0.3) is 0 Å². The van der Waals surface area contributed by atoms with E-state index in [9.17, 15) is 14.4 Å². The number of rotatable bonds is 9. The van der Waals surface area contributed by atoms with Crippen LogP contribution >= 0.6 is 23.1 Å². The van der Waals surface area contributed by atoms with E-state index in [0.717, 1.165) is 21.0 Å². The lowest BCUT2D eigenvalue weighted by Crippen LogP contribution is -2.14. The quantitative estimate of drug-likeness (QED) is 0.405. The van der Waals surface area contributed by atoms with Crippen molar-refractivity contribution in [1.29, 1.82) is 0 Å². The lowest BCUT2D eigenvalue weighted by atomic mass is 10.1. The van der Waals surface area contributed by atoms with Gasteiger partial charge in [0.15, 0.2) is 5.13 Å². The number of aromatic nitrogens is 1. The van der Waals surface area contributed by atoms with Crippen LogP contribution in [0, 0.1) is 6.92 Å². The molecule has 0 saturated carbocycles. The standard InChI is InChI=1S/C22H21N3O4S2/c1-14-21(15-5-3-2-4-6-15)25-22(31-14)24-19(27)13-30-17-9-7-16(8-10-17)23-18(26)11-12-20(28)29/h2-10H,11-13H2,1H3,(H,23,26)(H,28,29)(H,24,25,27). The number of aliphatic carboxylic acids is 1. The number of hydrogen-bond acceptors (Lipinski definition) is 6.